The smallest absolute Gasteiger partial charge is 0.316 e. The van der Waals surface area contributed by atoms with Crippen LogP contribution in [-0.2, 0) is 16.0 Å². The number of aliphatic hydroxyl groups excluding tert-OH is 1. The van der Waals surface area contributed by atoms with Crippen LogP contribution in [0.4, 0.5) is 5.69 Å². The van der Waals surface area contributed by atoms with E-state index in [-0.39, 0.29) is 6.61 Å². The number of hydrogen-bond donors (Lipinski definition) is 2. The molecule has 0 fully saturated rings. The number of aliphatic hydroxyl groups is 1. The summed E-state index contributed by atoms with van der Waals surface area (Å²) in [4.78, 5) is 25.8. The first kappa shape index (κ1) is 15.5. The fourth-order valence-electron chi connectivity index (χ4n) is 2.56. The van der Waals surface area contributed by atoms with Gasteiger partial charge in [-0.3, -0.25) is 9.59 Å². The Morgan fingerprint density at radius 1 is 1.19 bits per heavy atom. The number of fused-ring (bicyclic) bond motifs is 1. The summed E-state index contributed by atoms with van der Waals surface area (Å²) in [5, 5.41) is 11.3. The van der Waals surface area contributed by atoms with Crippen LogP contribution in [0.2, 0.25) is 0 Å². The maximum atomic E-state index is 12.3. The fraction of sp³-hybridized carbons (Fsp3) is 0.500. The van der Waals surface area contributed by atoms with E-state index in [4.69, 9.17) is 5.11 Å². The Morgan fingerprint density at radius 3 is 2.81 bits per heavy atom. The lowest BCUT2D eigenvalue weighted by molar-refractivity contribution is -0.137. The van der Waals surface area contributed by atoms with Gasteiger partial charge in [0.15, 0.2) is 0 Å². The van der Waals surface area contributed by atoms with Gasteiger partial charge in [0.25, 0.3) is 0 Å². The number of rotatable bonds is 5. The molecule has 1 aliphatic rings. The molecule has 1 aliphatic heterocycles. The third-order valence-corrected chi connectivity index (χ3v) is 3.67. The van der Waals surface area contributed by atoms with Crippen LogP contribution in [0.5, 0.6) is 0 Å². The molecule has 0 aliphatic carbocycles. The first-order chi connectivity index (χ1) is 10.2. The van der Waals surface area contributed by atoms with Crippen LogP contribution in [0, 0.1) is 0 Å². The molecule has 2 N–H and O–H groups in total. The molecule has 2 rings (SSSR count). The summed E-state index contributed by atoms with van der Waals surface area (Å²) in [6, 6.07) is 7.73. The van der Waals surface area contributed by atoms with Crippen LogP contribution in [0.15, 0.2) is 24.3 Å². The number of amides is 2. The molecule has 0 bridgehead atoms. The largest absolute Gasteiger partial charge is 0.396 e. The summed E-state index contributed by atoms with van der Waals surface area (Å²) in [5.41, 5.74) is 1.97. The predicted molar refractivity (Wildman–Crippen MR) is 81.1 cm³/mol. The van der Waals surface area contributed by atoms with Crippen LogP contribution < -0.4 is 10.2 Å². The van der Waals surface area contributed by atoms with Gasteiger partial charge in [0.05, 0.1) is 0 Å². The summed E-state index contributed by atoms with van der Waals surface area (Å²) >= 11 is 0. The number of benzene rings is 1. The maximum Gasteiger partial charge on any atom is 0.316 e. The molecule has 21 heavy (non-hydrogen) atoms. The lowest BCUT2D eigenvalue weighted by Gasteiger charge is -2.28. The highest BCUT2D eigenvalue weighted by Crippen LogP contribution is 2.26. The number of nitrogens with one attached hydrogen (secondary N) is 1. The minimum Gasteiger partial charge on any atom is -0.396 e. The molecule has 1 aromatic carbocycles. The zero-order valence-corrected chi connectivity index (χ0v) is 12.2. The van der Waals surface area contributed by atoms with Gasteiger partial charge in [-0.25, -0.2) is 0 Å². The van der Waals surface area contributed by atoms with Crippen LogP contribution in [0.25, 0.3) is 0 Å². The summed E-state index contributed by atoms with van der Waals surface area (Å²) in [6.07, 6.45) is 4.17. The highest BCUT2D eigenvalue weighted by molar-refractivity contribution is 6.40. The second-order valence-electron chi connectivity index (χ2n) is 5.23. The van der Waals surface area contributed by atoms with Gasteiger partial charge >= 0.3 is 11.8 Å². The van der Waals surface area contributed by atoms with Crippen LogP contribution in [-0.4, -0.2) is 36.6 Å². The van der Waals surface area contributed by atoms with E-state index >= 15 is 0 Å². The van der Waals surface area contributed by atoms with Crippen molar-refractivity contribution in [2.75, 3.05) is 24.6 Å². The second-order valence-corrected chi connectivity index (χ2v) is 5.23. The number of anilines is 1. The number of aryl methyl sites for hydroxylation is 1. The van der Waals surface area contributed by atoms with E-state index in [2.05, 4.69) is 5.32 Å². The topological polar surface area (TPSA) is 69.6 Å². The van der Waals surface area contributed by atoms with Gasteiger partial charge < -0.3 is 15.3 Å². The molecule has 114 valence electrons. The van der Waals surface area contributed by atoms with Crippen molar-refractivity contribution < 1.29 is 14.7 Å². The van der Waals surface area contributed by atoms with Gasteiger partial charge in [-0.15, -0.1) is 0 Å². The van der Waals surface area contributed by atoms with E-state index in [1.807, 2.05) is 24.3 Å². The first-order valence-electron chi connectivity index (χ1n) is 7.52. The molecule has 5 nitrogen and oxygen atoms in total. The Morgan fingerprint density at radius 2 is 2.00 bits per heavy atom. The molecule has 0 atom stereocenters. The van der Waals surface area contributed by atoms with Gasteiger partial charge in [-0.05, 0) is 43.7 Å². The summed E-state index contributed by atoms with van der Waals surface area (Å²) in [7, 11) is 0. The normalized spacial score (nSPS) is 13.7. The SMILES string of the molecule is O=C(NCCCCCO)C(=O)N1CCCc2ccccc21. The van der Waals surface area contributed by atoms with Gasteiger partial charge in [-0.2, -0.15) is 0 Å². The van der Waals surface area contributed by atoms with E-state index in [0.29, 0.717) is 13.1 Å². The molecular formula is C16H22N2O3. The van der Waals surface area contributed by atoms with Gasteiger partial charge in [0.1, 0.15) is 0 Å². The predicted octanol–water partition coefficient (Wildman–Crippen LogP) is 1.24. The Balaban J connectivity index is 1.90. The summed E-state index contributed by atoms with van der Waals surface area (Å²) in [6.45, 7) is 1.23. The molecule has 0 aromatic heterocycles. The fourth-order valence-corrected chi connectivity index (χ4v) is 2.56. The minimum atomic E-state index is -0.546. The highest BCUT2D eigenvalue weighted by Gasteiger charge is 2.26. The highest BCUT2D eigenvalue weighted by atomic mass is 16.3. The number of hydrogen-bond acceptors (Lipinski definition) is 3. The molecule has 1 aromatic rings. The summed E-state index contributed by atoms with van der Waals surface area (Å²) in [5.74, 6) is -1.03. The molecule has 0 saturated carbocycles. The van der Waals surface area contributed by atoms with Crippen molar-refractivity contribution in [3.8, 4) is 0 Å². The quantitative estimate of drug-likeness (QED) is 0.633. The molecule has 0 spiro atoms. The zero-order chi connectivity index (χ0) is 15.1. The first-order valence-corrected chi connectivity index (χ1v) is 7.52. The monoisotopic (exact) mass is 290 g/mol. The number of unbranched alkanes of at least 4 members (excludes halogenated alkanes) is 2. The molecule has 1 heterocycles. The molecule has 0 saturated heterocycles. The van der Waals surface area contributed by atoms with Crippen LogP contribution >= 0.6 is 0 Å². The second kappa shape index (κ2) is 7.78. The van der Waals surface area contributed by atoms with E-state index < -0.39 is 11.8 Å². The van der Waals surface area contributed by atoms with Crippen molar-refractivity contribution in [2.45, 2.75) is 32.1 Å². The number of carbonyl (C=O) groups is 2. The molecule has 0 unspecified atom stereocenters. The third-order valence-electron chi connectivity index (χ3n) is 3.67. The van der Waals surface area contributed by atoms with Crippen molar-refractivity contribution in [2.24, 2.45) is 0 Å². The zero-order valence-electron chi connectivity index (χ0n) is 12.2. The standard InChI is InChI=1S/C16H22N2O3/c19-12-5-1-4-10-17-15(20)16(21)18-11-6-8-13-7-2-3-9-14(13)18/h2-3,7,9,19H,1,4-6,8,10-12H2,(H,17,20). The van der Waals surface area contributed by atoms with Gasteiger partial charge in [0, 0.05) is 25.4 Å². The summed E-state index contributed by atoms with van der Waals surface area (Å²) < 4.78 is 0. The van der Waals surface area contributed by atoms with E-state index in [9.17, 15) is 9.59 Å². The minimum absolute atomic E-state index is 0.164. The van der Waals surface area contributed by atoms with Crippen LogP contribution in [0.1, 0.15) is 31.2 Å². The average Bonchev–Trinajstić information content (AvgIpc) is 2.53. The van der Waals surface area contributed by atoms with Crippen molar-refractivity contribution >= 4 is 17.5 Å². The third kappa shape index (κ3) is 4.04. The number of carbonyl (C=O) groups excluding carboxylic acids is 2. The van der Waals surface area contributed by atoms with E-state index in [1.54, 1.807) is 4.90 Å². The average molecular weight is 290 g/mol. The van der Waals surface area contributed by atoms with Crippen molar-refractivity contribution in [3.63, 3.8) is 0 Å². The number of para-hydroxylation sites is 1. The van der Waals surface area contributed by atoms with Crippen molar-refractivity contribution in [1.82, 2.24) is 5.32 Å². The molecule has 5 heteroatoms. The van der Waals surface area contributed by atoms with E-state index in [0.717, 1.165) is 43.4 Å². The lowest BCUT2D eigenvalue weighted by atomic mass is 10.0. The molecular weight excluding hydrogens is 268 g/mol. The van der Waals surface area contributed by atoms with Gasteiger partial charge in [0.2, 0.25) is 0 Å². The van der Waals surface area contributed by atoms with Crippen molar-refractivity contribution in [1.29, 1.82) is 0 Å². The maximum absolute atomic E-state index is 12.3. The molecule has 2 amide bonds. The Bertz CT molecular complexity index is 502. The number of nitrogens with zero attached hydrogens (tertiary/aromatic N) is 1. The lowest BCUT2D eigenvalue weighted by Crippen LogP contribution is -2.45. The Hall–Kier alpha value is -1.88. The van der Waals surface area contributed by atoms with Gasteiger partial charge in [-0.1, -0.05) is 18.2 Å². The Labute approximate surface area is 125 Å². The van der Waals surface area contributed by atoms with Crippen molar-refractivity contribution in [3.05, 3.63) is 29.8 Å². The van der Waals surface area contributed by atoms with Crippen LogP contribution in [0.3, 0.4) is 0 Å². The molecule has 0 radical (unpaired) electrons. The Kier molecular flexibility index (Phi) is 5.75. The van der Waals surface area contributed by atoms with E-state index in [1.165, 1.54) is 0 Å².